The normalized spacial score (nSPS) is 23.7. The minimum absolute atomic E-state index is 0.248. The summed E-state index contributed by atoms with van der Waals surface area (Å²) >= 11 is 0. The number of rotatable bonds is 2. The van der Waals surface area contributed by atoms with E-state index in [0.29, 0.717) is 0 Å². The summed E-state index contributed by atoms with van der Waals surface area (Å²) in [6.07, 6.45) is 1.90. The van der Waals surface area contributed by atoms with Gasteiger partial charge in [0.15, 0.2) is 0 Å². The van der Waals surface area contributed by atoms with Crippen LogP contribution in [0.3, 0.4) is 0 Å². The lowest BCUT2D eigenvalue weighted by atomic mass is 10.0. The van der Waals surface area contributed by atoms with Crippen LogP contribution in [0.25, 0.3) is 0 Å². The van der Waals surface area contributed by atoms with Crippen molar-refractivity contribution in [1.29, 1.82) is 0 Å². The van der Waals surface area contributed by atoms with Crippen molar-refractivity contribution in [2.24, 2.45) is 0 Å². The highest BCUT2D eigenvalue weighted by Gasteiger charge is 2.23. The average Bonchev–Trinajstić information content (AvgIpc) is 2.71. The lowest BCUT2D eigenvalue weighted by molar-refractivity contribution is 0.137. The van der Waals surface area contributed by atoms with E-state index >= 15 is 0 Å². The van der Waals surface area contributed by atoms with Gasteiger partial charge in [-0.2, -0.15) is 0 Å². The Bertz CT molecular complexity index is 288. The minimum atomic E-state index is -0.349. The summed E-state index contributed by atoms with van der Waals surface area (Å²) in [6.45, 7) is 3.09. The molecule has 2 rings (SSSR count). The molecule has 1 saturated heterocycles. The summed E-state index contributed by atoms with van der Waals surface area (Å²) in [5.74, 6) is 0. The number of hydrogen-bond acceptors (Lipinski definition) is 2. The standard InChI is InChI=1S/C12H17NO/c1-9-4-6-10(7-5-9)12(14)11-3-2-8-13-11/h4-7,11-14H,2-3,8H2,1H3/t11-,12?/m1/s1. The zero-order valence-corrected chi connectivity index (χ0v) is 8.53. The molecule has 14 heavy (non-hydrogen) atoms. The average molecular weight is 191 g/mol. The van der Waals surface area contributed by atoms with Gasteiger partial charge in [-0.15, -0.1) is 0 Å². The maximum absolute atomic E-state index is 10.0. The van der Waals surface area contributed by atoms with Gasteiger partial charge in [0.25, 0.3) is 0 Å². The van der Waals surface area contributed by atoms with E-state index in [0.717, 1.165) is 18.5 Å². The Morgan fingerprint density at radius 3 is 2.64 bits per heavy atom. The molecule has 2 nitrogen and oxygen atoms in total. The molecule has 1 aromatic carbocycles. The van der Waals surface area contributed by atoms with Crippen LogP contribution in [0.1, 0.15) is 30.1 Å². The molecule has 1 heterocycles. The van der Waals surface area contributed by atoms with Gasteiger partial charge >= 0.3 is 0 Å². The molecule has 0 amide bonds. The molecular weight excluding hydrogens is 174 g/mol. The predicted octanol–water partition coefficient (Wildman–Crippen LogP) is 1.78. The Morgan fingerprint density at radius 2 is 2.07 bits per heavy atom. The summed E-state index contributed by atoms with van der Waals surface area (Å²) in [6, 6.07) is 8.37. The zero-order valence-electron chi connectivity index (χ0n) is 8.53. The van der Waals surface area contributed by atoms with E-state index in [2.05, 4.69) is 12.2 Å². The van der Waals surface area contributed by atoms with Gasteiger partial charge in [-0.25, -0.2) is 0 Å². The van der Waals surface area contributed by atoms with E-state index < -0.39 is 0 Å². The van der Waals surface area contributed by atoms with Crippen molar-refractivity contribution in [3.05, 3.63) is 35.4 Å². The first-order valence-electron chi connectivity index (χ1n) is 5.25. The predicted molar refractivity (Wildman–Crippen MR) is 57.2 cm³/mol. The molecule has 2 heteroatoms. The first-order chi connectivity index (χ1) is 6.77. The molecule has 2 N–H and O–H groups in total. The first kappa shape index (κ1) is 9.69. The molecule has 1 aromatic rings. The van der Waals surface area contributed by atoms with E-state index in [-0.39, 0.29) is 12.1 Å². The molecular formula is C12H17NO. The number of aliphatic hydroxyl groups is 1. The summed E-state index contributed by atoms with van der Waals surface area (Å²) < 4.78 is 0. The van der Waals surface area contributed by atoms with Crippen LogP contribution in [-0.2, 0) is 0 Å². The molecule has 0 aliphatic carbocycles. The van der Waals surface area contributed by atoms with Crippen molar-refractivity contribution >= 4 is 0 Å². The number of aryl methyl sites for hydroxylation is 1. The smallest absolute Gasteiger partial charge is 0.0942 e. The van der Waals surface area contributed by atoms with Crippen LogP contribution in [-0.4, -0.2) is 17.7 Å². The van der Waals surface area contributed by atoms with Gasteiger partial charge < -0.3 is 10.4 Å². The van der Waals surface area contributed by atoms with Crippen LogP contribution in [0, 0.1) is 6.92 Å². The fraction of sp³-hybridized carbons (Fsp3) is 0.500. The highest BCUT2D eigenvalue weighted by molar-refractivity contribution is 5.24. The molecule has 0 saturated carbocycles. The second kappa shape index (κ2) is 4.11. The lowest BCUT2D eigenvalue weighted by Gasteiger charge is -2.18. The second-order valence-electron chi connectivity index (χ2n) is 4.06. The van der Waals surface area contributed by atoms with Gasteiger partial charge in [-0.1, -0.05) is 29.8 Å². The molecule has 1 aliphatic rings. The second-order valence-corrected chi connectivity index (χ2v) is 4.06. The van der Waals surface area contributed by atoms with Gasteiger partial charge in [0.1, 0.15) is 0 Å². The molecule has 0 bridgehead atoms. The van der Waals surface area contributed by atoms with Crippen LogP contribution in [0.2, 0.25) is 0 Å². The molecule has 76 valence electrons. The highest BCUT2D eigenvalue weighted by atomic mass is 16.3. The van der Waals surface area contributed by atoms with Gasteiger partial charge in [-0.3, -0.25) is 0 Å². The van der Waals surface area contributed by atoms with E-state index in [1.165, 1.54) is 12.0 Å². The largest absolute Gasteiger partial charge is 0.387 e. The number of nitrogens with one attached hydrogen (secondary N) is 1. The third kappa shape index (κ3) is 1.97. The molecule has 0 radical (unpaired) electrons. The van der Waals surface area contributed by atoms with E-state index in [1.807, 2.05) is 24.3 Å². The van der Waals surface area contributed by atoms with Crippen LogP contribution < -0.4 is 5.32 Å². The highest BCUT2D eigenvalue weighted by Crippen LogP contribution is 2.22. The Balaban J connectivity index is 2.09. The number of aliphatic hydroxyl groups excluding tert-OH is 1. The molecule has 1 unspecified atom stereocenters. The fourth-order valence-electron chi connectivity index (χ4n) is 1.98. The van der Waals surface area contributed by atoms with Crippen molar-refractivity contribution in [3.63, 3.8) is 0 Å². The minimum Gasteiger partial charge on any atom is -0.387 e. The Morgan fingerprint density at radius 1 is 1.36 bits per heavy atom. The molecule has 2 atom stereocenters. The maximum Gasteiger partial charge on any atom is 0.0942 e. The number of benzene rings is 1. The summed E-state index contributed by atoms with van der Waals surface area (Å²) in [7, 11) is 0. The van der Waals surface area contributed by atoms with Crippen LogP contribution in [0.5, 0.6) is 0 Å². The Hall–Kier alpha value is -0.860. The third-order valence-corrected chi connectivity index (χ3v) is 2.90. The van der Waals surface area contributed by atoms with Gasteiger partial charge in [0, 0.05) is 6.04 Å². The van der Waals surface area contributed by atoms with Crippen LogP contribution in [0.4, 0.5) is 0 Å². The van der Waals surface area contributed by atoms with Crippen molar-refractivity contribution < 1.29 is 5.11 Å². The molecule has 0 aromatic heterocycles. The lowest BCUT2D eigenvalue weighted by Crippen LogP contribution is -2.28. The fourth-order valence-corrected chi connectivity index (χ4v) is 1.98. The monoisotopic (exact) mass is 191 g/mol. The summed E-state index contributed by atoms with van der Waals surface area (Å²) in [4.78, 5) is 0. The van der Waals surface area contributed by atoms with Crippen LogP contribution in [0.15, 0.2) is 24.3 Å². The van der Waals surface area contributed by atoms with Gasteiger partial charge in [0.05, 0.1) is 6.10 Å². The van der Waals surface area contributed by atoms with Crippen molar-refractivity contribution in [3.8, 4) is 0 Å². The summed E-state index contributed by atoms with van der Waals surface area (Å²) in [5, 5.41) is 13.4. The Kier molecular flexibility index (Phi) is 2.85. The summed E-state index contributed by atoms with van der Waals surface area (Å²) in [5.41, 5.74) is 2.26. The first-order valence-corrected chi connectivity index (χ1v) is 5.25. The van der Waals surface area contributed by atoms with E-state index in [4.69, 9.17) is 0 Å². The Labute approximate surface area is 85.0 Å². The van der Waals surface area contributed by atoms with E-state index in [1.54, 1.807) is 0 Å². The maximum atomic E-state index is 10.0. The van der Waals surface area contributed by atoms with Gasteiger partial charge in [-0.05, 0) is 31.9 Å². The van der Waals surface area contributed by atoms with Crippen molar-refractivity contribution in [2.45, 2.75) is 31.9 Å². The van der Waals surface area contributed by atoms with Crippen molar-refractivity contribution in [1.82, 2.24) is 5.32 Å². The molecule has 0 spiro atoms. The SMILES string of the molecule is Cc1ccc(C(O)[C@H]2CCCN2)cc1. The topological polar surface area (TPSA) is 32.3 Å². The molecule has 1 fully saturated rings. The molecule has 1 aliphatic heterocycles. The quantitative estimate of drug-likeness (QED) is 0.747. The van der Waals surface area contributed by atoms with E-state index in [9.17, 15) is 5.11 Å². The van der Waals surface area contributed by atoms with Crippen molar-refractivity contribution in [2.75, 3.05) is 6.54 Å². The van der Waals surface area contributed by atoms with Gasteiger partial charge in [0.2, 0.25) is 0 Å². The van der Waals surface area contributed by atoms with Crippen LogP contribution >= 0.6 is 0 Å². The number of hydrogen-bond donors (Lipinski definition) is 2. The zero-order chi connectivity index (χ0) is 9.97. The third-order valence-electron chi connectivity index (χ3n) is 2.90.